The minimum Gasteiger partial charge on any atom is -0.369 e. The molecule has 3 heteroatoms. The fourth-order valence-corrected chi connectivity index (χ4v) is 2.87. The van der Waals surface area contributed by atoms with Gasteiger partial charge >= 0.3 is 0 Å². The lowest BCUT2D eigenvalue weighted by Gasteiger charge is -2.41. The molecule has 1 aliphatic carbocycles. The predicted octanol–water partition coefficient (Wildman–Crippen LogP) is 4.14. The third-order valence-corrected chi connectivity index (χ3v) is 4.38. The monoisotopic (exact) mass is 282 g/mol. The minimum atomic E-state index is 0.534. The molecule has 1 saturated carbocycles. The average Bonchev–Trinajstić information content (AvgIpc) is 2.19. The number of nitrogens with one attached hydrogen (secondary N) is 1. The van der Waals surface area contributed by atoms with Gasteiger partial charge in [-0.25, -0.2) is 4.98 Å². The molecule has 2 rings (SSSR count). The zero-order valence-corrected chi connectivity index (χ0v) is 11.6. The zero-order chi connectivity index (χ0) is 11.6. The summed E-state index contributed by atoms with van der Waals surface area (Å²) in [6.45, 7) is 5.40. The van der Waals surface area contributed by atoms with Gasteiger partial charge in [-0.1, -0.05) is 13.3 Å². The number of halogens is 1. The maximum atomic E-state index is 4.42. The van der Waals surface area contributed by atoms with E-state index in [1.165, 1.54) is 31.2 Å². The van der Waals surface area contributed by atoms with Gasteiger partial charge in [-0.15, -0.1) is 0 Å². The number of nitrogens with zero attached hydrogens (tertiary/aromatic N) is 1. The van der Waals surface area contributed by atoms with E-state index in [1.54, 1.807) is 0 Å². The molecule has 0 amide bonds. The summed E-state index contributed by atoms with van der Waals surface area (Å²) in [5.74, 6) is 0.977. The summed E-state index contributed by atoms with van der Waals surface area (Å²) in [7, 11) is 0. The summed E-state index contributed by atoms with van der Waals surface area (Å²) in [6, 6.07) is 2.11. The van der Waals surface area contributed by atoms with Crippen LogP contribution in [0.15, 0.2) is 16.7 Å². The first kappa shape index (κ1) is 11.9. The molecule has 0 bridgehead atoms. The molecular weight excluding hydrogens is 264 g/mol. The summed E-state index contributed by atoms with van der Waals surface area (Å²) < 4.78 is 1.07. The molecule has 0 aliphatic heterocycles. The Labute approximate surface area is 106 Å². The van der Waals surface area contributed by atoms with Gasteiger partial charge in [0.1, 0.15) is 5.82 Å². The first-order valence-electron chi connectivity index (χ1n) is 6.01. The fourth-order valence-electron chi connectivity index (χ4n) is 2.27. The molecule has 0 atom stereocenters. The topological polar surface area (TPSA) is 24.9 Å². The van der Waals surface area contributed by atoms with Crippen molar-refractivity contribution in [2.75, 3.05) is 11.9 Å². The second-order valence-electron chi connectivity index (χ2n) is 4.90. The number of aromatic nitrogens is 1. The van der Waals surface area contributed by atoms with Crippen LogP contribution in [0.4, 0.5) is 5.82 Å². The quantitative estimate of drug-likeness (QED) is 0.898. The van der Waals surface area contributed by atoms with Gasteiger partial charge in [0.05, 0.1) is 4.47 Å². The fraction of sp³-hybridized carbons (Fsp3) is 0.615. The number of rotatable bonds is 4. The van der Waals surface area contributed by atoms with Gasteiger partial charge in [-0.05, 0) is 59.2 Å². The van der Waals surface area contributed by atoms with Crippen molar-refractivity contribution in [3.63, 3.8) is 0 Å². The molecule has 2 nitrogen and oxygen atoms in total. The Morgan fingerprint density at radius 2 is 2.25 bits per heavy atom. The number of pyridine rings is 1. The van der Waals surface area contributed by atoms with Crippen LogP contribution < -0.4 is 5.32 Å². The Balaban J connectivity index is 1.99. The van der Waals surface area contributed by atoms with E-state index < -0.39 is 0 Å². The van der Waals surface area contributed by atoms with Crippen LogP contribution in [-0.2, 0) is 0 Å². The smallest absolute Gasteiger partial charge is 0.140 e. The summed E-state index contributed by atoms with van der Waals surface area (Å²) in [5.41, 5.74) is 1.72. The molecule has 1 aromatic rings. The van der Waals surface area contributed by atoms with E-state index in [-0.39, 0.29) is 0 Å². The van der Waals surface area contributed by atoms with Crippen molar-refractivity contribution in [2.24, 2.45) is 5.41 Å². The average molecular weight is 283 g/mol. The number of hydrogen-bond acceptors (Lipinski definition) is 2. The van der Waals surface area contributed by atoms with Crippen molar-refractivity contribution in [3.8, 4) is 0 Å². The van der Waals surface area contributed by atoms with Gasteiger partial charge in [0.15, 0.2) is 0 Å². The summed E-state index contributed by atoms with van der Waals surface area (Å²) in [4.78, 5) is 4.42. The highest BCUT2D eigenvalue weighted by Gasteiger charge is 2.34. The van der Waals surface area contributed by atoms with E-state index in [0.29, 0.717) is 5.41 Å². The maximum Gasteiger partial charge on any atom is 0.140 e. The van der Waals surface area contributed by atoms with Crippen molar-refractivity contribution in [1.29, 1.82) is 0 Å². The Morgan fingerprint density at radius 1 is 1.50 bits per heavy atom. The molecule has 1 aliphatic rings. The van der Waals surface area contributed by atoms with Gasteiger partial charge in [-0.2, -0.15) is 0 Å². The summed E-state index contributed by atoms with van der Waals surface area (Å²) in [6.07, 6.45) is 7.29. The minimum absolute atomic E-state index is 0.534. The number of aryl methyl sites for hydroxylation is 1. The molecule has 0 spiro atoms. The molecule has 0 aromatic carbocycles. The van der Waals surface area contributed by atoms with Crippen LogP contribution in [0.5, 0.6) is 0 Å². The highest BCUT2D eigenvalue weighted by atomic mass is 79.9. The Hall–Kier alpha value is -0.570. The van der Waals surface area contributed by atoms with Gasteiger partial charge < -0.3 is 5.32 Å². The van der Waals surface area contributed by atoms with Crippen LogP contribution in [0.3, 0.4) is 0 Å². The Kier molecular flexibility index (Phi) is 3.53. The zero-order valence-electron chi connectivity index (χ0n) is 10.0. The molecule has 0 radical (unpaired) electrons. The molecule has 88 valence electrons. The molecule has 1 heterocycles. The molecule has 1 aromatic heterocycles. The van der Waals surface area contributed by atoms with Crippen molar-refractivity contribution in [1.82, 2.24) is 4.98 Å². The van der Waals surface area contributed by atoms with Crippen LogP contribution in [0.25, 0.3) is 0 Å². The van der Waals surface area contributed by atoms with E-state index >= 15 is 0 Å². The molecule has 1 N–H and O–H groups in total. The lowest BCUT2D eigenvalue weighted by molar-refractivity contribution is 0.145. The number of anilines is 1. The van der Waals surface area contributed by atoms with E-state index in [9.17, 15) is 0 Å². The van der Waals surface area contributed by atoms with Gasteiger partial charge in [0.2, 0.25) is 0 Å². The van der Waals surface area contributed by atoms with Gasteiger partial charge in [0.25, 0.3) is 0 Å². The van der Waals surface area contributed by atoms with Crippen molar-refractivity contribution in [3.05, 3.63) is 22.3 Å². The van der Waals surface area contributed by atoms with Crippen molar-refractivity contribution >= 4 is 21.7 Å². The van der Waals surface area contributed by atoms with Gasteiger partial charge in [-0.3, -0.25) is 0 Å². The highest BCUT2D eigenvalue weighted by Crippen LogP contribution is 2.43. The van der Waals surface area contributed by atoms with Crippen LogP contribution in [0.1, 0.15) is 38.2 Å². The summed E-state index contributed by atoms with van der Waals surface area (Å²) >= 11 is 3.55. The first-order valence-corrected chi connectivity index (χ1v) is 6.80. The van der Waals surface area contributed by atoms with Crippen molar-refractivity contribution in [2.45, 2.75) is 39.5 Å². The maximum absolute atomic E-state index is 4.42. The highest BCUT2D eigenvalue weighted by molar-refractivity contribution is 9.10. The normalized spacial score (nSPS) is 17.9. The van der Waals surface area contributed by atoms with Crippen LogP contribution in [0, 0.1) is 12.3 Å². The molecular formula is C13H19BrN2. The molecule has 0 unspecified atom stereocenters. The van der Waals surface area contributed by atoms with E-state index in [0.717, 1.165) is 16.8 Å². The van der Waals surface area contributed by atoms with E-state index in [1.807, 2.05) is 6.20 Å². The van der Waals surface area contributed by atoms with E-state index in [4.69, 9.17) is 0 Å². The second-order valence-corrected chi connectivity index (χ2v) is 5.76. The third-order valence-electron chi connectivity index (χ3n) is 3.77. The third kappa shape index (κ3) is 2.40. The SMILES string of the molecule is CCC1(CNc2ncc(C)cc2Br)CCC1. The lowest BCUT2D eigenvalue weighted by atomic mass is 9.67. The van der Waals surface area contributed by atoms with Crippen molar-refractivity contribution < 1.29 is 0 Å². The second kappa shape index (κ2) is 4.74. The Morgan fingerprint density at radius 3 is 2.75 bits per heavy atom. The van der Waals surface area contributed by atoms with Crippen LogP contribution in [0.2, 0.25) is 0 Å². The lowest BCUT2D eigenvalue weighted by Crippen LogP contribution is -2.36. The van der Waals surface area contributed by atoms with Gasteiger partial charge in [0, 0.05) is 12.7 Å². The molecule has 1 fully saturated rings. The largest absolute Gasteiger partial charge is 0.369 e. The van der Waals surface area contributed by atoms with Crippen LogP contribution in [-0.4, -0.2) is 11.5 Å². The summed E-state index contributed by atoms with van der Waals surface area (Å²) in [5, 5.41) is 3.48. The van der Waals surface area contributed by atoms with E-state index in [2.05, 4.69) is 46.1 Å². The molecule has 0 saturated heterocycles. The standard InChI is InChI=1S/C13H19BrN2/c1-3-13(5-4-6-13)9-16-12-11(14)7-10(2)8-15-12/h7-8H,3-6,9H2,1-2H3,(H,15,16). The molecule has 16 heavy (non-hydrogen) atoms. The predicted molar refractivity (Wildman–Crippen MR) is 71.7 cm³/mol. The number of hydrogen-bond donors (Lipinski definition) is 1. The van der Waals surface area contributed by atoms with Crippen LogP contribution >= 0.6 is 15.9 Å². The Bertz CT molecular complexity index is 367. The first-order chi connectivity index (χ1) is 7.65.